The van der Waals surface area contributed by atoms with Crippen molar-refractivity contribution in [2.45, 2.75) is 37.6 Å². The van der Waals surface area contributed by atoms with Crippen LogP contribution in [-0.2, 0) is 23.0 Å². The Balaban J connectivity index is 1.50. The summed E-state index contributed by atoms with van der Waals surface area (Å²) in [6, 6.07) is 19.0. The second kappa shape index (κ2) is 9.99. The van der Waals surface area contributed by atoms with E-state index in [2.05, 4.69) is 21.2 Å². The maximum Gasteiger partial charge on any atom is 0.241 e. The van der Waals surface area contributed by atoms with Crippen LogP contribution in [0.15, 0.2) is 65.6 Å². The van der Waals surface area contributed by atoms with Gasteiger partial charge in [0.05, 0.1) is 15.9 Å². The number of benzene rings is 3. The summed E-state index contributed by atoms with van der Waals surface area (Å²) in [5.74, 6) is 1.28. The molecule has 0 amide bonds. The number of nitrogen functional groups attached to an aromatic ring is 1. The quantitative estimate of drug-likeness (QED) is 0.294. The molecule has 0 fully saturated rings. The molecule has 0 saturated heterocycles. The van der Waals surface area contributed by atoms with E-state index in [0.717, 1.165) is 52.6 Å². The van der Waals surface area contributed by atoms with Crippen LogP contribution in [0.2, 0.25) is 0 Å². The summed E-state index contributed by atoms with van der Waals surface area (Å²) >= 11 is 0. The van der Waals surface area contributed by atoms with Gasteiger partial charge in [0.2, 0.25) is 10.0 Å². The van der Waals surface area contributed by atoms with Crippen LogP contribution < -0.4 is 15.4 Å². The highest BCUT2D eigenvalue weighted by atomic mass is 32.2. The van der Waals surface area contributed by atoms with Gasteiger partial charge in [-0.3, -0.25) is 0 Å². The zero-order valence-corrected chi connectivity index (χ0v) is 22.2. The second-order valence-corrected chi connectivity index (χ2v) is 11.2. The first kappa shape index (κ1) is 25.0. The van der Waals surface area contributed by atoms with Crippen LogP contribution in [0.5, 0.6) is 0 Å². The average molecular weight is 517 g/mol. The molecule has 0 aliphatic rings. The minimum Gasteiger partial charge on any atom is -0.382 e. The van der Waals surface area contributed by atoms with E-state index in [4.69, 9.17) is 10.7 Å². The van der Waals surface area contributed by atoms with E-state index in [0.29, 0.717) is 23.3 Å². The molecule has 192 valence electrons. The molecule has 5 aromatic rings. The van der Waals surface area contributed by atoms with E-state index in [1.54, 1.807) is 12.1 Å². The van der Waals surface area contributed by atoms with E-state index in [1.807, 2.05) is 67.5 Å². The molecule has 9 heteroatoms. The van der Waals surface area contributed by atoms with Crippen molar-refractivity contribution < 1.29 is 8.42 Å². The van der Waals surface area contributed by atoms with E-state index in [-0.39, 0.29) is 11.4 Å². The maximum absolute atomic E-state index is 13.5. The number of aromatic nitrogens is 3. The Kier molecular flexibility index (Phi) is 6.74. The third kappa shape index (κ3) is 4.60. The Bertz CT molecular complexity index is 1710. The number of anilines is 2. The van der Waals surface area contributed by atoms with Crippen molar-refractivity contribution in [1.29, 1.82) is 0 Å². The monoisotopic (exact) mass is 516 g/mol. The lowest BCUT2D eigenvalue weighted by molar-refractivity contribution is 0.570. The minimum absolute atomic E-state index is 0.216. The van der Waals surface area contributed by atoms with Crippen molar-refractivity contribution >= 4 is 54.2 Å². The van der Waals surface area contributed by atoms with Crippen LogP contribution in [0, 0.1) is 0 Å². The molecular weight excluding hydrogens is 484 g/mol. The number of imidazole rings is 1. The van der Waals surface area contributed by atoms with Crippen LogP contribution in [0.25, 0.3) is 32.7 Å². The molecule has 2 heterocycles. The van der Waals surface area contributed by atoms with Gasteiger partial charge in [0.1, 0.15) is 11.3 Å². The molecule has 0 aliphatic heterocycles. The number of pyridine rings is 1. The van der Waals surface area contributed by atoms with Gasteiger partial charge >= 0.3 is 0 Å². The van der Waals surface area contributed by atoms with Gasteiger partial charge in [-0.25, -0.2) is 23.1 Å². The molecule has 0 bridgehead atoms. The van der Waals surface area contributed by atoms with E-state index in [9.17, 15) is 8.42 Å². The average Bonchev–Trinajstić information content (AvgIpc) is 3.25. The molecule has 2 aromatic heterocycles. The highest BCUT2D eigenvalue weighted by Gasteiger charge is 2.20. The molecule has 8 nitrogen and oxygen atoms in total. The van der Waals surface area contributed by atoms with E-state index < -0.39 is 10.0 Å². The number of aryl methyl sites for hydroxylation is 1. The number of nitrogens with two attached hydrogens (primary N) is 1. The SMILES string of the molecule is CCCCc1nc2c(N)nc3ccccc3c2n1CCNS(=O)(=O)c1cccc2c(N(C)C)cccc12. The van der Waals surface area contributed by atoms with Gasteiger partial charge < -0.3 is 15.2 Å². The Morgan fingerprint density at radius 2 is 1.68 bits per heavy atom. The fourth-order valence-electron chi connectivity index (χ4n) is 4.93. The number of fused-ring (bicyclic) bond motifs is 4. The molecule has 0 unspecified atom stereocenters. The Labute approximate surface area is 217 Å². The number of para-hydroxylation sites is 1. The first-order chi connectivity index (χ1) is 17.8. The molecular formula is C28H32N6O2S. The molecule has 3 N–H and O–H groups in total. The predicted molar refractivity (Wildman–Crippen MR) is 152 cm³/mol. The highest BCUT2D eigenvalue weighted by Crippen LogP contribution is 2.31. The van der Waals surface area contributed by atoms with Gasteiger partial charge in [-0.15, -0.1) is 0 Å². The summed E-state index contributed by atoms with van der Waals surface area (Å²) in [4.78, 5) is 11.6. The van der Waals surface area contributed by atoms with Gasteiger partial charge in [-0.2, -0.15) is 0 Å². The molecule has 3 aromatic carbocycles. The summed E-state index contributed by atoms with van der Waals surface area (Å²) in [5, 5.41) is 2.55. The summed E-state index contributed by atoms with van der Waals surface area (Å²) in [6.45, 7) is 2.78. The molecule has 0 saturated carbocycles. The van der Waals surface area contributed by atoms with Crippen molar-refractivity contribution in [2.24, 2.45) is 0 Å². The lowest BCUT2D eigenvalue weighted by Crippen LogP contribution is -2.28. The molecule has 37 heavy (non-hydrogen) atoms. The van der Waals surface area contributed by atoms with Crippen molar-refractivity contribution in [2.75, 3.05) is 31.3 Å². The van der Waals surface area contributed by atoms with Gasteiger partial charge in [0.15, 0.2) is 5.82 Å². The summed E-state index contributed by atoms with van der Waals surface area (Å²) in [5.41, 5.74) is 9.62. The van der Waals surface area contributed by atoms with Gasteiger partial charge in [0, 0.05) is 55.5 Å². The zero-order valence-electron chi connectivity index (χ0n) is 21.4. The predicted octanol–water partition coefficient (Wildman–Crippen LogP) is 4.71. The maximum atomic E-state index is 13.5. The Morgan fingerprint density at radius 1 is 0.946 bits per heavy atom. The number of unbranched alkanes of at least 4 members (excludes halogenated alkanes) is 1. The Hall–Kier alpha value is -3.69. The number of hydrogen-bond donors (Lipinski definition) is 2. The summed E-state index contributed by atoms with van der Waals surface area (Å²) in [6.07, 6.45) is 2.78. The number of nitrogens with one attached hydrogen (secondary N) is 1. The second-order valence-electron chi connectivity index (χ2n) is 9.42. The number of sulfonamides is 1. The third-order valence-electron chi connectivity index (χ3n) is 6.70. The van der Waals surface area contributed by atoms with Gasteiger partial charge in [-0.1, -0.05) is 55.8 Å². The van der Waals surface area contributed by atoms with Crippen LogP contribution in [0.1, 0.15) is 25.6 Å². The molecule has 0 spiro atoms. The van der Waals surface area contributed by atoms with Crippen molar-refractivity contribution in [3.05, 3.63) is 66.5 Å². The molecule has 0 aliphatic carbocycles. The first-order valence-electron chi connectivity index (χ1n) is 12.5. The summed E-state index contributed by atoms with van der Waals surface area (Å²) < 4.78 is 31.9. The van der Waals surface area contributed by atoms with Gasteiger partial charge in [-0.05, 0) is 24.6 Å². The van der Waals surface area contributed by atoms with E-state index >= 15 is 0 Å². The summed E-state index contributed by atoms with van der Waals surface area (Å²) in [7, 11) is 0.145. The van der Waals surface area contributed by atoms with Crippen molar-refractivity contribution in [1.82, 2.24) is 19.3 Å². The lowest BCUT2D eigenvalue weighted by atomic mass is 10.1. The van der Waals surface area contributed by atoms with Crippen molar-refractivity contribution in [3.8, 4) is 0 Å². The first-order valence-corrected chi connectivity index (χ1v) is 14.0. The molecule has 5 rings (SSSR count). The minimum atomic E-state index is -3.76. The van der Waals surface area contributed by atoms with Crippen LogP contribution >= 0.6 is 0 Å². The largest absolute Gasteiger partial charge is 0.382 e. The normalized spacial score (nSPS) is 12.1. The van der Waals surface area contributed by atoms with E-state index in [1.165, 1.54) is 0 Å². The third-order valence-corrected chi connectivity index (χ3v) is 8.22. The highest BCUT2D eigenvalue weighted by molar-refractivity contribution is 7.89. The molecule has 0 atom stereocenters. The van der Waals surface area contributed by atoms with Gasteiger partial charge in [0.25, 0.3) is 0 Å². The fraction of sp³-hybridized carbons (Fsp3) is 0.286. The van der Waals surface area contributed by atoms with Crippen LogP contribution in [0.3, 0.4) is 0 Å². The standard InChI is InChI=1S/C28H32N6O2S/c1-4-5-16-25-32-26-27(21-10-6-7-13-22(21)31-28(26)29)34(25)18-17-30-37(35,36)24-15-9-11-19-20(24)12-8-14-23(19)33(2)3/h6-15,30H,4-5,16-18H2,1-3H3,(H2,29,31). The lowest BCUT2D eigenvalue weighted by Gasteiger charge is -2.17. The number of rotatable bonds is 9. The zero-order chi connectivity index (χ0) is 26.2. The van der Waals surface area contributed by atoms with Crippen molar-refractivity contribution in [3.63, 3.8) is 0 Å². The van der Waals surface area contributed by atoms with Crippen LogP contribution in [0.4, 0.5) is 11.5 Å². The van der Waals surface area contributed by atoms with Crippen LogP contribution in [-0.4, -0.2) is 43.6 Å². The fourth-order valence-corrected chi connectivity index (χ4v) is 6.17. The topological polar surface area (TPSA) is 106 Å². The smallest absolute Gasteiger partial charge is 0.241 e. The number of hydrogen-bond acceptors (Lipinski definition) is 6. The molecule has 0 radical (unpaired) electrons. The Morgan fingerprint density at radius 3 is 2.46 bits per heavy atom. The number of nitrogens with zero attached hydrogens (tertiary/aromatic N) is 4.